The standard InChI is InChI=1S/C19H16N4O2S/c1-12-15-11-17(18(24)21-20-13(2)16-9-6-10-25-16)26-19(15)23(22-12)14-7-4-3-5-8-14/h3-11H,1-2H3,(H,21,24). The maximum atomic E-state index is 12.5. The molecule has 3 aromatic heterocycles. The van der Waals surface area contributed by atoms with Crippen molar-refractivity contribution < 1.29 is 9.21 Å². The van der Waals surface area contributed by atoms with E-state index in [9.17, 15) is 4.79 Å². The van der Waals surface area contributed by atoms with Gasteiger partial charge in [-0.05, 0) is 44.2 Å². The Hall–Kier alpha value is -3.19. The van der Waals surface area contributed by atoms with Gasteiger partial charge in [0.05, 0.1) is 22.5 Å². The number of hydrogen-bond acceptors (Lipinski definition) is 5. The summed E-state index contributed by atoms with van der Waals surface area (Å²) in [7, 11) is 0. The molecule has 0 atom stereocenters. The lowest BCUT2D eigenvalue weighted by Gasteiger charge is -2.01. The molecule has 3 heterocycles. The third-order valence-corrected chi connectivity index (χ3v) is 5.08. The number of hydrogen-bond donors (Lipinski definition) is 1. The number of amides is 1. The number of thiophene rings is 1. The van der Waals surface area contributed by atoms with Crippen LogP contribution in [0.25, 0.3) is 15.9 Å². The zero-order valence-corrected chi connectivity index (χ0v) is 15.1. The minimum atomic E-state index is -0.254. The van der Waals surface area contributed by atoms with Crippen molar-refractivity contribution in [2.75, 3.05) is 0 Å². The Labute approximate surface area is 153 Å². The predicted octanol–water partition coefficient (Wildman–Crippen LogP) is 4.14. The van der Waals surface area contributed by atoms with Gasteiger partial charge in [0.2, 0.25) is 0 Å². The lowest BCUT2D eigenvalue weighted by Crippen LogP contribution is -2.18. The van der Waals surface area contributed by atoms with E-state index in [-0.39, 0.29) is 5.91 Å². The molecule has 1 N–H and O–H groups in total. The molecule has 4 rings (SSSR count). The minimum Gasteiger partial charge on any atom is -0.463 e. The number of carbonyl (C=O) groups excluding carboxylic acids is 1. The third-order valence-electron chi connectivity index (χ3n) is 3.97. The molecular formula is C19H16N4O2S. The Bertz CT molecular complexity index is 1090. The van der Waals surface area contributed by atoms with Gasteiger partial charge in [-0.2, -0.15) is 10.2 Å². The maximum absolute atomic E-state index is 12.5. The Kier molecular flexibility index (Phi) is 4.14. The molecular weight excluding hydrogens is 348 g/mol. The van der Waals surface area contributed by atoms with Gasteiger partial charge in [0.1, 0.15) is 16.3 Å². The number of benzene rings is 1. The van der Waals surface area contributed by atoms with Gasteiger partial charge in [-0.15, -0.1) is 11.3 Å². The largest absolute Gasteiger partial charge is 0.463 e. The van der Waals surface area contributed by atoms with Crippen LogP contribution < -0.4 is 5.43 Å². The number of rotatable bonds is 4. The Morgan fingerprint density at radius 2 is 2.04 bits per heavy atom. The van der Waals surface area contributed by atoms with Gasteiger partial charge in [0, 0.05) is 5.39 Å². The van der Waals surface area contributed by atoms with Crippen molar-refractivity contribution in [2.45, 2.75) is 13.8 Å². The lowest BCUT2D eigenvalue weighted by atomic mass is 10.3. The van der Waals surface area contributed by atoms with Crippen LogP contribution in [0.15, 0.2) is 64.3 Å². The zero-order valence-electron chi connectivity index (χ0n) is 14.3. The second kappa shape index (κ2) is 6.61. The summed E-state index contributed by atoms with van der Waals surface area (Å²) in [5.41, 5.74) is 5.04. The van der Waals surface area contributed by atoms with E-state index in [1.165, 1.54) is 11.3 Å². The Morgan fingerprint density at radius 3 is 2.77 bits per heavy atom. The van der Waals surface area contributed by atoms with E-state index in [1.54, 1.807) is 25.3 Å². The number of hydrazone groups is 1. The number of furan rings is 1. The normalized spacial score (nSPS) is 11.8. The van der Waals surface area contributed by atoms with Gasteiger partial charge in [-0.3, -0.25) is 4.79 Å². The molecule has 4 aromatic rings. The zero-order chi connectivity index (χ0) is 18.1. The van der Waals surface area contributed by atoms with Crippen LogP contribution >= 0.6 is 11.3 Å². The molecule has 7 heteroatoms. The molecule has 0 saturated heterocycles. The van der Waals surface area contributed by atoms with Crippen molar-refractivity contribution in [2.24, 2.45) is 5.10 Å². The average Bonchev–Trinajstić information content (AvgIpc) is 3.38. The summed E-state index contributed by atoms with van der Waals surface area (Å²) >= 11 is 1.39. The summed E-state index contributed by atoms with van der Waals surface area (Å²) in [6.07, 6.45) is 1.57. The first-order valence-electron chi connectivity index (χ1n) is 8.06. The fraction of sp³-hybridized carbons (Fsp3) is 0.105. The quantitative estimate of drug-likeness (QED) is 0.437. The van der Waals surface area contributed by atoms with Crippen LogP contribution in [0.1, 0.15) is 28.0 Å². The van der Waals surface area contributed by atoms with E-state index in [0.29, 0.717) is 16.3 Å². The van der Waals surface area contributed by atoms with E-state index < -0.39 is 0 Å². The molecule has 0 bridgehead atoms. The first-order valence-corrected chi connectivity index (χ1v) is 8.88. The molecule has 0 spiro atoms. The number of nitrogens with zero attached hydrogens (tertiary/aromatic N) is 3. The van der Waals surface area contributed by atoms with E-state index in [4.69, 9.17) is 4.42 Å². The number of aromatic nitrogens is 2. The fourth-order valence-electron chi connectivity index (χ4n) is 2.63. The summed E-state index contributed by atoms with van der Waals surface area (Å²) in [5.74, 6) is 0.369. The molecule has 6 nitrogen and oxygen atoms in total. The summed E-state index contributed by atoms with van der Waals surface area (Å²) in [6, 6.07) is 15.3. The molecule has 0 aliphatic heterocycles. The molecule has 0 aliphatic rings. The van der Waals surface area contributed by atoms with Crippen LogP contribution in [0.3, 0.4) is 0 Å². The summed E-state index contributed by atoms with van der Waals surface area (Å²) in [4.78, 5) is 14.0. The predicted molar refractivity (Wildman–Crippen MR) is 102 cm³/mol. The number of aryl methyl sites for hydroxylation is 1. The highest BCUT2D eigenvalue weighted by Crippen LogP contribution is 2.30. The second-order valence-electron chi connectivity index (χ2n) is 5.78. The average molecular weight is 364 g/mol. The van der Waals surface area contributed by atoms with Gasteiger partial charge in [-0.1, -0.05) is 18.2 Å². The van der Waals surface area contributed by atoms with E-state index in [1.807, 2.05) is 48.0 Å². The number of para-hydroxylation sites is 1. The van der Waals surface area contributed by atoms with Crippen molar-refractivity contribution in [3.05, 3.63) is 71.1 Å². The first-order chi connectivity index (χ1) is 12.6. The van der Waals surface area contributed by atoms with Crippen LogP contribution in [-0.2, 0) is 0 Å². The smallest absolute Gasteiger partial charge is 0.281 e. The number of nitrogens with one attached hydrogen (secondary N) is 1. The highest BCUT2D eigenvalue weighted by Gasteiger charge is 2.17. The van der Waals surface area contributed by atoms with Crippen molar-refractivity contribution in [1.29, 1.82) is 0 Å². The molecule has 0 unspecified atom stereocenters. The number of carbonyl (C=O) groups is 1. The van der Waals surface area contributed by atoms with Crippen molar-refractivity contribution in [1.82, 2.24) is 15.2 Å². The van der Waals surface area contributed by atoms with Crippen LogP contribution in [0.5, 0.6) is 0 Å². The minimum absolute atomic E-state index is 0.254. The van der Waals surface area contributed by atoms with Crippen LogP contribution in [0.2, 0.25) is 0 Å². The molecule has 26 heavy (non-hydrogen) atoms. The van der Waals surface area contributed by atoms with Crippen molar-refractivity contribution >= 4 is 33.2 Å². The fourth-order valence-corrected chi connectivity index (χ4v) is 3.71. The highest BCUT2D eigenvalue weighted by molar-refractivity contribution is 7.20. The van der Waals surface area contributed by atoms with Gasteiger partial charge in [0.15, 0.2) is 0 Å². The third kappa shape index (κ3) is 2.93. The van der Waals surface area contributed by atoms with Crippen molar-refractivity contribution in [3.8, 4) is 5.69 Å². The summed E-state index contributed by atoms with van der Waals surface area (Å²) < 4.78 is 7.12. The topological polar surface area (TPSA) is 72.4 Å². The maximum Gasteiger partial charge on any atom is 0.281 e. The monoisotopic (exact) mass is 364 g/mol. The Balaban J connectivity index is 1.63. The van der Waals surface area contributed by atoms with E-state index >= 15 is 0 Å². The summed E-state index contributed by atoms with van der Waals surface area (Å²) in [5, 5.41) is 9.66. The van der Waals surface area contributed by atoms with Gasteiger partial charge < -0.3 is 4.42 Å². The molecule has 1 amide bonds. The molecule has 0 aliphatic carbocycles. The molecule has 1 aromatic carbocycles. The van der Waals surface area contributed by atoms with Crippen LogP contribution in [-0.4, -0.2) is 21.4 Å². The van der Waals surface area contributed by atoms with E-state index in [2.05, 4.69) is 15.6 Å². The van der Waals surface area contributed by atoms with Crippen LogP contribution in [0.4, 0.5) is 0 Å². The summed E-state index contributed by atoms with van der Waals surface area (Å²) in [6.45, 7) is 3.72. The van der Waals surface area contributed by atoms with Gasteiger partial charge in [-0.25, -0.2) is 10.1 Å². The van der Waals surface area contributed by atoms with Crippen LogP contribution in [0, 0.1) is 6.92 Å². The molecule has 0 radical (unpaired) electrons. The molecule has 0 fully saturated rings. The molecule has 130 valence electrons. The SMILES string of the molecule is CC(=NNC(=O)c1cc2c(C)nn(-c3ccccc3)c2s1)c1ccco1. The lowest BCUT2D eigenvalue weighted by molar-refractivity contribution is 0.0959. The Morgan fingerprint density at radius 1 is 1.23 bits per heavy atom. The van der Waals surface area contributed by atoms with Gasteiger partial charge >= 0.3 is 0 Å². The van der Waals surface area contributed by atoms with E-state index in [0.717, 1.165) is 21.6 Å². The highest BCUT2D eigenvalue weighted by atomic mass is 32.1. The van der Waals surface area contributed by atoms with Gasteiger partial charge in [0.25, 0.3) is 5.91 Å². The molecule has 0 saturated carbocycles. The second-order valence-corrected chi connectivity index (χ2v) is 6.81. The van der Waals surface area contributed by atoms with Crippen molar-refractivity contribution in [3.63, 3.8) is 0 Å². The number of fused-ring (bicyclic) bond motifs is 1. The first kappa shape index (κ1) is 16.3.